The Kier molecular flexibility index (Phi) is 4.39. The second-order valence-corrected chi connectivity index (χ2v) is 6.27. The second kappa shape index (κ2) is 6.62. The van der Waals surface area contributed by atoms with Gasteiger partial charge < -0.3 is 5.11 Å². The van der Waals surface area contributed by atoms with Crippen LogP contribution in [0.3, 0.4) is 0 Å². The van der Waals surface area contributed by atoms with Crippen molar-refractivity contribution in [3.8, 4) is 5.75 Å². The molecule has 116 valence electrons. The maximum Gasteiger partial charge on any atom is 0.275 e. The highest BCUT2D eigenvalue weighted by Crippen LogP contribution is 2.24. The number of aryl methyl sites for hydroxylation is 1. The Labute approximate surface area is 138 Å². The van der Waals surface area contributed by atoms with Crippen LogP contribution < -0.4 is 5.43 Å². The summed E-state index contributed by atoms with van der Waals surface area (Å²) in [5.41, 5.74) is 2.67. The summed E-state index contributed by atoms with van der Waals surface area (Å²) in [6.45, 7) is 2.09. The van der Waals surface area contributed by atoms with E-state index in [2.05, 4.69) is 17.5 Å². The molecule has 0 radical (unpaired) electrons. The van der Waals surface area contributed by atoms with E-state index in [9.17, 15) is 9.90 Å². The Morgan fingerprint density at radius 3 is 2.65 bits per heavy atom. The van der Waals surface area contributed by atoms with Crippen LogP contribution in [0.5, 0.6) is 5.75 Å². The summed E-state index contributed by atoms with van der Waals surface area (Å²) in [5.74, 6) is -0.488. The molecule has 2 N–H and O–H groups in total. The van der Waals surface area contributed by atoms with Crippen LogP contribution in [-0.2, 0) is 6.42 Å². The quantitative estimate of drug-likeness (QED) is 0.564. The van der Waals surface area contributed by atoms with Crippen LogP contribution in [0.1, 0.15) is 27.0 Å². The topological polar surface area (TPSA) is 61.7 Å². The van der Waals surface area contributed by atoms with Gasteiger partial charge in [0.15, 0.2) is 0 Å². The number of carbonyl (C=O) groups excluding carboxylic acids is 1. The maximum absolute atomic E-state index is 12.2. The first kappa shape index (κ1) is 15.2. The minimum atomic E-state index is -0.434. The third-order valence-electron chi connectivity index (χ3n) is 3.50. The Balaban J connectivity index is 1.76. The standard InChI is InChI=1S/C18H16N2O2S/c1-2-14-7-8-15(23-14)11-19-20-18(22)16-9-12-5-3-4-6-13(12)10-17(16)21/h3-11,21H,2H2,1H3,(H,20,22)/b19-11+. The molecule has 5 heteroatoms. The van der Waals surface area contributed by atoms with Gasteiger partial charge in [0, 0.05) is 9.75 Å². The molecule has 4 nitrogen and oxygen atoms in total. The lowest BCUT2D eigenvalue weighted by molar-refractivity contribution is 0.0952. The van der Waals surface area contributed by atoms with E-state index < -0.39 is 5.91 Å². The Morgan fingerprint density at radius 1 is 1.22 bits per heavy atom. The predicted octanol–water partition coefficient (Wildman–Crippen LogP) is 3.93. The van der Waals surface area contributed by atoms with Gasteiger partial charge in [-0.25, -0.2) is 5.43 Å². The molecule has 0 unspecified atom stereocenters. The van der Waals surface area contributed by atoms with E-state index in [1.165, 1.54) is 4.88 Å². The monoisotopic (exact) mass is 324 g/mol. The van der Waals surface area contributed by atoms with Crippen molar-refractivity contribution in [3.05, 3.63) is 63.8 Å². The smallest absolute Gasteiger partial charge is 0.275 e. The van der Waals surface area contributed by atoms with Gasteiger partial charge in [0.1, 0.15) is 5.75 Å². The zero-order valence-electron chi connectivity index (χ0n) is 12.6. The number of hydrogen-bond acceptors (Lipinski definition) is 4. The molecule has 0 saturated carbocycles. The van der Waals surface area contributed by atoms with Crippen LogP contribution in [0.25, 0.3) is 10.8 Å². The third-order valence-corrected chi connectivity index (χ3v) is 4.66. The lowest BCUT2D eigenvalue weighted by Crippen LogP contribution is -2.17. The fourth-order valence-corrected chi connectivity index (χ4v) is 3.10. The first-order valence-electron chi connectivity index (χ1n) is 7.31. The van der Waals surface area contributed by atoms with E-state index in [4.69, 9.17) is 0 Å². The van der Waals surface area contributed by atoms with Gasteiger partial charge in [-0.05, 0) is 41.5 Å². The molecule has 2 aromatic carbocycles. The van der Waals surface area contributed by atoms with E-state index in [-0.39, 0.29) is 11.3 Å². The number of rotatable bonds is 4. The molecular formula is C18H16N2O2S. The predicted molar refractivity (Wildman–Crippen MR) is 94.4 cm³/mol. The van der Waals surface area contributed by atoms with Crippen LogP contribution in [0.2, 0.25) is 0 Å². The van der Waals surface area contributed by atoms with Crippen molar-refractivity contribution in [1.82, 2.24) is 5.43 Å². The number of amides is 1. The number of phenols is 1. The lowest BCUT2D eigenvalue weighted by Gasteiger charge is -2.05. The summed E-state index contributed by atoms with van der Waals surface area (Å²) in [6, 6.07) is 14.8. The molecule has 23 heavy (non-hydrogen) atoms. The van der Waals surface area contributed by atoms with Gasteiger partial charge in [-0.15, -0.1) is 11.3 Å². The number of nitrogens with one attached hydrogen (secondary N) is 1. The van der Waals surface area contributed by atoms with Crippen molar-refractivity contribution in [2.75, 3.05) is 0 Å². The fourth-order valence-electron chi connectivity index (χ4n) is 2.28. The van der Waals surface area contributed by atoms with Crippen molar-refractivity contribution in [2.24, 2.45) is 5.10 Å². The number of fused-ring (bicyclic) bond motifs is 1. The molecule has 3 rings (SSSR count). The van der Waals surface area contributed by atoms with E-state index in [1.807, 2.05) is 36.4 Å². The lowest BCUT2D eigenvalue weighted by atomic mass is 10.1. The largest absolute Gasteiger partial charge is 0.507 e. The van der Waals surface area contributed by atoms with E-state index >= 15 is 0 Å². The number of phenolic OH excluding ortho intramolecular Hbond substituents is 1. The molecule has 1 aromatic heterocycles. The summed E-state index contributed by atoms with van der Waals surface area (Å²) in [7, 11) is 0. The minimum absolute atomic E-state index is 0.0548. The maximum atomic E-state index is 12.2. The Hall–Kier alpha value is -2.66. The third kappa shape index (κ3) is 3.40. The summed E-state index contributed by atoms with van der Waals surface area (Å²) < 4.78 is 0. The van der Waals surface area contributed by atoms with Crippen LogP contribution in [0, 0.1) is 0 Å². The Morgan fingerprint density at radius 2 is 1.96 bits per heavy atom. The van der Waals surface area contributed by atoms with Gasteiger partial charge in [-0.3, -0.25) is 4.79 Å². The number of aromatic hydroxyl groups is 1. The van der Waals surface area contributed by atoms with E-state index in [0.29, 0.717) is 0 Å². The minimum Gasteiger partial charge on any atom is -0.507 e. The second-order valence-electron chi connectivity index (χ2n) is 5.07. The van der Waals surface area contributed by atoms with Crippen molar-refractivity contribution in [3.63, 3.8) is 0 Å². The zero-order chi connectivity index (χ0) is 16.2. The molecule has 0 bridgehead atoms. The van der Waals surface area contributed by atoms with Crippen LogP contribution in [-0.4, -0.2) is 17.2 Å². The number of carbonyl (C=O) groups is 1. The summed E-state index contributed by atoms with van der Waals surface area (Å²) in [5, 5.41) is 15.8. The molecule has 0 atom stereocenters. The highest BCUT2D eigenvalue weighted by molar-refractivity contribution is 7.13. The number of benzene rings is 2. The molecule has 0 aliphatic heterocycles. The fraction of sp³-hybridized carbons (Fsp3) is 0.111. The SMILES string of the molecule is CCc1ccc(/C=N/NC(=O)c2cc3ccccc3cc2O)s1. The normalized spacial score (nSPS) is 11.2. The first-order valence-corrected chi connectivity index (χ1v) is 8.13. The molecule has 0 fully saturated rings. The Bertz CT molecular complexity index is 884. The van der Waals surface area contributed by atoms with Crippen molar-refractivity contribution < 1.29 is 9.90 Å². The van der Waals surface area contributed by atoms with Crippen LogP contribution in [0.4, 0.5) is 0 Å². The van der Waals surface area contributed by atoms with Crippen molar-refractivity contribution in [2.45, 2.75) is 13.3 Å². The highest BCUT2D eigenvalue weighted by Gasteiger charge is 2.11. The molecule has 1 heterocycles. The van der Waals surface area contributed by atoms with Gasteiger partial charge in [0.25, 0.3) is 5.91 Å². The van der Waals surface area contributed by atoms with Gasteiger partial charge >= 0.3 is 0 Å². The van der Waals surface area contributed by atoms with Gasteiger partial charge in [-0.1, -0.05) is 31.2 Å². The van der Waals surface area contributed by atoms with E-state index in [0.717, 1.165) is 22.1 Å². The van der Waals surface area contributed by atoms with Gasteiger partial charge in [0.2, 0.25) is 0 Å². The molecule has 3 aromatic rings. The number of hydrazone groups is 1. The zero-order valence-corrected chi connectivity index (χ0v) is 13.4. The van der Waals surface area contributed by atoms with Crippen LogP contribution in [0.15, 0.2) is 53.6 Å². The summed E-state index contributed by atoms with van der Waals surface area (Å²) in [6.07, 6.45) is 2.59. The molecule has 0 aliphatic carbocycles. The number of thiophene rings is 1. The van der Waals surface area contributed by atoms with Gasteiger partial charge in [-0.2, -0.15) is 5.10 Å². The van der Waals surface area contributed by atoms with E-state index in [1.54, 1.807) is 29.7 Å². The number of hydrogen-bond donors (Lipinski definition) is 2. The molecular weight excluding hydrogens is 308 g/mol. The van der Waals surface area contributed by atoms with Crippen LogP contribution >= 0.6 is 11.3 Å². The molecule has 0 saturated heterocycles. The first-order chi connectivity index (χ1) is 11.2. The molecule has 1 amide bonds. The number of nitrogens with zero attached hydrogens (tertiary/aromatic N) is 1. The van der Waals surface area contributed by atoms with Crippen molar-refractivity contribution in [1.29, 1.82) is 0 Å². The summed E-state index contributed by atoms with van der Waals surface area (Å²) in [4.78, 5) is 14.4. The molecule has 0 aliphatic rings. The average Bonchev–Trinajstić information content (AvgIpc) is 3.02. The molecule has 0 spiro atoms. The highest BCUT2D eigenvalue weighted by atomic mass is 32.1. The summed E-state index contributed by atoms with van der Waals surface area (Å²) >= 11 is 1.64. The van der Waals surface area contributed by atoms with Crippen molar-refractivity contribution >= 4 is 34.2 Å². The van der Waals surface area contributed by atoms with Gasteiger partial charge in [0.05, 0.1) is 11.8 Å². The average molecular weight is 324 g/mol.